The number of rotatable bonds is 6. The molecule has 0 bridgehead atoms. The number of halogens is 4. The van der Waals surface area contributed by atoms with Gasteiger partial charge in [-0.2, -0.15) is 17.6 Å². The molecule has 5 rings (SSSR count). The minimum atomic E-state index is -4.57. The summed E-state index contributed by atoms with van der Waals surface area (Å²) in [7, 11) is 0. The summed E-state index contributed by atoms with van der Waals surface area (Å²) in [6.45, 7) is 2.13. The summed E-state index contributed by atoms with van der Waals surface area (Å²) in [4.78, 5) is 13.5. The molecule has 0 saturated heterocycles. The summed E-state index contributed by atoms with van der Waals surface area (Å²) in [6.07, 6.45) is 0.919. The molecule has 3 atom stereocenters. The maximum absolute atomic E-state index is 15.1. The fourth-order valence-corrected chi connectivity index (χ4v) is 5.66. The van der Waals surface area contributed by atoms with Crippen LogP contribution in [0.5, 0.6) is 5.75 Å². The molecule has 3 aromatic rings. The average Bonchev–Trinajstić information content (AvgIpc) is 2.88. The molecule has 0 aliphatic heterocycles. The van der Waals surface area contributed by atoms with E-state index in [1.807, 2.05) is 42.5 Å². The molecule has 2 saturated carbocycles. The van der Waals surface area contributed by atoms with Crippen molar-refractivity contribution in [1.82, 2.24) is 0 Å². The van der Waals surface area contributed by atoms with E-state index in [-0.39, 0.29) is 11.5 Å². The molecule has 0 N–H and O–H groups in total. The summed E-state index contributed by atoms with van der Waals surface area (Å²) in [5.41, 5.74) is -1.98. The first kappa shape index (κ1) is 24.6. The van der Waals surface area contributed by atoms with E-state index in [1.54, 1.807) is 6.92 Å². The zero-order valence-electron chi connectivity index (χ0n) is 20.0. The lowest BCUT2D eigenvalue weighted by molar-refractivity contribution is -0.324. The van der Waals surface area contributed by atoms with Crippen molar-refractivity contribution >= 4 is 16.7 Å². The van der Waals surface area contributed by atoms with E-state index in [0.29, 0.717) is 18.8 Å². The Morgan fingerprint density at radius 2 is 1.61 bits per heavy atom. The summed E-state index contributed by atoms with van der Waals surface area (Å²) >= 11 is 0. The first-order valence-electron chi connectivity index (χ1n) is 12.4. The van der Waals surface area contributed by atoms with Crippen LogP contribution in [0.15, 0.2) is 66.7 Å². The second-order valence-electron chi connectivity index (χ2n) is 9.76. The van der Waals surface area contributed by atoms with Gasteiger partial charge in [0.25, 0.3) is 0 Å². The van der Waals surface area contributed by atoms with Crippen LogP contribution in [0.1, 0.15) is 56.1 Å². The Morgan fingerprint density at radius 3 is 2.28 bits per heavy atom. The largest absolute Gasteiger partial charge is 0.494 e. The first-order valence-corrected chi connectivity index (χ1v) is 12.4. The minimum Gasteiger partial charge on any atom is -0.494 e. The molecule has 0 aromatic heterocycles. The Labute approximate surface area is 207 Å². The molecule has 36 heavy (non-hydrogen) atoms. The molecular weight excluding hydrogens is 472 g/mol. The SMILES string of the molecule is CCOc1ccc([C@]2(C(=O)O[C@H]3CCCC[C@@H]3c3ccc4ccccc4c3)CC(F)(F)C2(F)F)cc1. The van der Waals surface area contributed by atoms with Crippen molar-refractivity contribution in [2.45, 2.75) is 68.3 Å². The molecule has 2 fully saturated rings. The van der Waals surface area contributed by atoms with Gasteiger partial charge in [-0.15, -0.1) is 0 Å². The van der Waals surface area contributed by atoms with E-state index in [1.165, 1.54) is 24.3 Å². The number of hydrogen-bond acceptors (Lipinski definition) is 3. The lowest BCUT2D eigenvalue weighted by Gasteiger charge is -2.52. The van der Waals surface area contributed by atoms with Crippen LogP contribution >= 0.6 is 0 Å². The summed E-state index contributed by atoms with van der Waals surface area (Å²) in [5.74, 6) is -9.95. The normalized spacial score (nSPS) is 26.7. The van der Waals surface area contributed by atoms with E-state index in [4.69, 9.17) is 9.47 Å². The zero-order valence-corrected chi connectivity index (χ0v) is 20.0. The molecular formula is C29H28F4O3. The van der Waals surface area contributed by atoms with Crippen molar-refractivity contribution in [3.63, 3.8) is 0 Å². The highest BCUT2D eigenvalue weighted by Crippen LogP contribution is 2.64. The first-order chi connectivity index (χ1) is 17.2. The summed E-state index contributed by atoms with van der Waals surface area (Å²) in [5, 5.41) is 2.10. The van der Waals surface area contributed by atoms with Crippen molar-refractivity contribution < 1.29 is 31.8 Å². The van der Waals surface area contributed by atoms with Crippen molar-refractivity contribution in [3.8, 4) is 5.75 Å². The third-order valence-electron chi connectivity index (χ3n) is 7.65. The van der Waals surface area contributed by atoms with Crippen LogP contribution in [-0.4, -0.2) is 30.5 Å². The number of benzene rings is 3. The van der Waals surface area contributed by atoms with Crippen LogP contribution in [0.3, 0.4) is 0 Å². The molecule has 2 aliphatic carbocycles. The Balaban J connectivity index is 1.46. The van der Waals surface area contributed by atoms with Gasteiger partial charge in [0.15, 0.2) is 5.41 Å². The smallest absolute Gasteiger partial charge is 0.330 e. The van der Waals surface area contributed by atoms with Gasteiger partial charge in [-0.1, -0.05) is 61.0 Å². The van der Waals surface area contributed by atoms with Gasteiger partial charge in [-0.05, 0) is 60.2 Å². The van der Waals surface area contributed by atoms with E-state index < -0.39 is 35.8 Å². The molecule has 190 valence electrons. The predicted octanol–water partition coefficient (Wildman–Crippen LogP) is 7.42. The van der Waals surface area contributed by atoms with Gasteiger partial charge in [0.2, 0.25) is 0 Å². The van der Waals surface area contributed by atoms with Gasteiger partial charge < -0.3 is 9.47 Å². The highest BCUT2D eigenvalue weighted by atomic mass is 19.3. The quantitative estimate of drug-likeness (QED) is 0.261. The molecule has 0 unspecified atom stereocenters. The van der Waals surface area contributed by atoms with E-state index in [9.17, 15) is 13.6 Å². The van der Waals surface area contributed by atoms with E-state index in [0.717, 1.165) is 35.6 Å². The number of hydrogen-bond donors (Lipinski definition) is 0. The average molecular weight is 501 g/mol. The maximum atomic E-state index is 15.1. The molecule has 0 spiro atoms. The van der Waals surface area contributed by atoms with Gasteiger partial charge in [0.1, 0.15) is 11.9 Å². The highest BCUT2D eigenvalue weighted by molar-refractivity contribution is 5.88. The molecule has 0 amide bonds. The second kappa shape index (κ2) is 9.09. The molecule has 2 aliphatic rings. The monoisotopic (exact) mass is 500 g/mol. The van der Waals surface area contributed by atoms with Crippen LogP contribution in [0, 0.1) is 0 Å². The van der Waals surface area contributed by atoms with E-state index in [2.05, 4.69) is 0 Å². The lowest BCUT2D eigenvalue weighted by atomic mass is 9.58. The predicted molar refractivity (Wildman–Crippen MR) is 129 cm³/mol. The second-order valence-corrected chi connectivity index (χ2v) is 9.76. The van der Waals surface area contributed by atoms with Crippen LogP contribution in [0.4, 0.5) is 17.6 Å². The molecule has 3 nitrogen and oxygen atoms in total. The lowest BCUT2D eigenvalue weighted by Crippen LogP contribution is -2.73. The fourth-order valence-electron chi connectivity index (χ4n) is 5.66. The summed E-state index contributed by atoms with van der Waals surface area (Å²) < 4.78 is 69.6. The Morgan fingerprint density at radius 1 is 0.917 bits per heavy atom. The van der Waals surface area contributed by atoms with Gasteiger partial charge in [0.05, 0.1) is 6.61 Å². The number of ether oxygens (including phenoxy) is 2. The standard InChI is InChI=1S/C29H28F4O3/c1-2-35-23-15-13-22(14-16-23)27(18-28(30,31)29(27,32)33)26(34)36-25-10-6-5-9-24(25)21-12-11-19-7-3-4-8-20(19)17-21/h3-4,7-8,11-17,24-25H,2,5-6,9-10,18H2,1H3/t24-,25+,27+/m1/s1. The van der Waals surface area contributed by atoms with Crippen molar-refractivity contribution in [3.05, 3.63) is 77.9 Å². The van der Waals surface area contributed by atoms with Crippen LogP contribution in [0.25, 0.3) is 10.8 Å². The number of fused-ring (bicyclic) bond motifs is 1. The molecule has 7 heteroatoms. The topological polar surface area (TPSA) is 35.5 Å². The van der Waals surface area contributed by atoms with Gasteiger partial charge >= 0.3 is 17.8 Å². The van der Waals surface area contributed by atoms with Crippen LogP contribution in [-0.2, 0) is 14.9 Å². The van der Waals surface area contributed by atoms with Gasteiger partial charge in [-0.25, -0.2) is 0 Å². The Kier molecular flexibility index (Phi) is 6.21. The van der Waals surface area contributed by atoms with E-state index >= 15 is 8.78 Å². The number of esters is 1. The molecule has 0 heterocycles. The van der Waals surface area contributed by atoms with Crippen molar-refractivity contribution in [2.75, 3.05) is 6.61 Å². The molecule has 0 radical (unpaired) electrons. The number of alkyl halides is 4. The number of carbonyl (C=O) groups excluding carboxylic acids is 1. The maximum Gasteiger partial charge on any atom is 0.330 e. The van der Waals surface area contributed by atoms with Gasteiger partial charge in [-0.3, -0.25) is 4.79 Å². The number of carbonyl (C=O) groups is 1. The summed E-state index contributed by atoms with van der Waals surface area (Å²) in [6, 6.07) is 19.2. The van der Waals surface area contributed by atoms with Crippen LogP contribution < -0.4 is 4.74 Å². The van der Waals surface area contributed by atoms with Crippen molar-refractivity contribution in [1.29, 1.82) is 0 Å². The Hall–Kier alpha value is -3.09. The minimum absolute atomic E-state index is 0.190. The van der Waals surface area contributed by atoms with Gasteiger partial charge in [0, 0.05) is 12.3 Å². The Bertz CT molecular complexity index is 1260. The third kappa shape index (κ3) is 3.84. The zero-order chi connectivity index (χ0) is 25.6. The third-order valence-corrected chi connectivity index (χ3v) is 7.65. The highest BCUT2D eigenvalue weighted by Gasteiger charge is 2.84. The fraction of sp³-hybridized carbons (Fsp3) is 0.414. The van der Waals surface area contributed by atoms with Crippen molar-refractivity contribution in [2.24, 2.45) is 0 Å². The van der Waals surface area contributed by atoms with Crippen LogP contribution in [0.2, 0.25) is 0 Å². The molecule has 3 aromatic carbocycles.